The van der Waals surface area contributed by atoms with E-state index in [0.717, 1.165) is 44.7 Å². The lowest BCUT2D eigenvalue weighted by molar-refractivity contribution is -0.117. The Morgan fingerprint density at radius 2 is 2.04 bits per heavy atom. The van der Waals surface area contributed by atoms with E-state index in [1.54, 1.807) is 18.2 Å². The number of nitrogens with zero attached hydrogens (tertiary/aromatic N) is 3. The molecule has 3 rings (SSSR count). The van der Waals surface area contributed by atoms with Crippen molar-refractivity contribution in [3.63, 3.8) is 0 Å². The Labute approximate surface area is 164 Å². The minimum absolute atomic E-state index is 0.0234. The van der Waals surface area contributed by atoms with Gasteiger partial charge in [-0.05, 0) is 50.0 Å². The lowest BCUT2D eigenvalue weighted by Crippen LogP contribution is -2.40. The van der Waals surface area contributed by atoms with Crippen molar-refractivity contribution >= 4 is 34.8 Å². The van der Waals surface area contributed by atoms with Crippen LogP contribution in [0.15, 0.2) is 30.6 Å². The van der Waals surface area contributed by atoms with Gasteiger partial charge in [0.05, 0.1) is 16.6 Å². The van der Waals surface area contributed by atoms with Crippen molar-refractivity contribution in [1.29, 1.82) is 0 Å². The molecule has 1 aliphatic rings. The van der Waals surface area contributed by atoms with E-state index in [2.05, 4.69) is 32.9 Å². The first-order chi connectivity index (χ1) is 12.5. The Balaban J connectivity index is 1.44. The van der Waals surface area contributed by atoms with Crippen molar-refractivity contribution in [1.82, 2.24) is 14.5 Å². The minimum Gasteiger partial charge on any atom is -0.335 e. The van der Waals surface area contributed by atoms with Crippen LogP contribution in [0.5, 0.6) is 0 Å². The maximum atomic E-state index is 12.3. The molecule has 0 spiro atoms. The number of aromatic nitrogens is 2. The quantitative estimate of drug-likeness (QED) is 0.801. The molecule has 0 bridgehead atoms. The van der Waals surface area contributed by atoms with Gasteiger partial charge in [-0.2, -0.15) is 0 Å². The van der Waals surface area contributed by atoms with Crippen molar-refractivity contribution in [2.24, 2.45) is 5.92 Å². The smallest absolute Gasteiger partial charge is 0.238 e. The third kappa shape index (κ3) is 5.00. The van der Waals surface area contributed by atoms with Gasteiger partial charge in [0.25, 0.3) is 0 Å². The molecule has 140 valence electrons. The molecule has 1 aromatic heterocycles. The van der Waals surface area contributed by atoms with Crippen molar-refractivity contribution in [3.05, 3.63) is 46.5 Å². The maximum absolute atomic E-state index is 12.3. The Morgan fingerprint density at radius 3 is 2.73 bits per heavy atom. The molecule has 1 N–H and O–H groups in total. The van der Waals surface area contributed by atoms with E-state index in [1.807, 2.05) is 6.20 Å². The number of hydrogen-bond acceptors (Lipinski definition) is 3. The summed E-state index contributed by atoms with van der Waals surface area (Å²) >= 11 is 11.9. The van der Waals surface area contributed by atoms with Gasteiger partial charge in [0.2, 0.25) is 5.91 Å². The number of carbonyl (C=O) groups excluding carboxylic acids is 1. The summed E-state index contributed by atoms with van der Waals surface area (Å²) in [7, 11) is 0. The van der Waals surface area contributed by atoms with Crippen LogP contribution < -0.4 is 5.32 Å². The molecule has 0 saturated carbocycles. The van der Waals surface area contributed by atoms with Gasteiger partial charge in [-0.25, -0.2) is 4.98 Å². The van der Waals surface area contributed by atoms with E-state index in [-0.39, 0.29) is 5.91 Å². The van der Waals surface area contributed by atoms with Crippen LogP contribution in [-0.4, -0.2) is 40.0 Å². The molecule has 0 unspecified atom stereocenters. The normalized spacial score (nSPS) is 16.0. The number of imidazole rings is 1. The molecule has 0 aliphatic carbocycles. The van der Waals surface area contributed by atoms with Crippen LogP contribution in [0.3, 0.4) is 0 Å². The number of halogens is 2. The van der Waals surface area contributed by atoms with Crippen LogP contribution in [0, 0.1) is 5.92 Å². The lowest BCUT2D eigenvalue weighted by atomic mass is 9.96. The van der Waals surface area contributed by atoms with Gasteiger partial charge in [0.1, 0.15) is 5.82 Å². The van der Waals surface area contributed by atoms with Gasteiger partial charge in [-0.1, -0.05) is 30.1 Å². The predicted octanol–water partition coefficient (Wildman–Crippen LogP) is 4.10. The number of rotatable bonds is 6. The number of anilines is 1. The second kappa shape index (κ2) is 8.89. The first-order valence-corrected chi connectivity index (χ1v) is 9.78. The average Bonchev–Trinajstić information content (AvgIpc) is 3.07. The summed E-state index contributed by atoms with van der Waals surface area (Å²) in [5.74, 6) is 1.77. The van der Waals surface area contributed by atoms with Gasteiger partial charge < -0.3 is 9.88 Å². The standard InChI is InChI=1S/C19H24Cl2N4O/c1-2-18-22-7-10-25(18)12-14-5-8-24(9-6-14)13-19(26)23-15-3-4-16(20)17(21)11-15/h3-4,7,10-11,14H,2,5-6,8-9,12-13H2,1H3,(H,23,26). The highest BCUT2D eigenvalue weighted by atomic mass is 35.5. The molecule has 2 aromatic rings. The molecule has 1 amide bonds. The van der Waals surface area contributed by atoms with Crippen LogP contribution in [-0.2, 0) is 17.8 Å². The van der Waals surface area contributed by atoms with Crippen LogP contribution in [0.1, 0.15) is 25.6 Å². The fourth-order valence-corrected chi connectivity index (χ4v) is 3.70. The number of carbonyl (C=O) groups is 1. The molecule has 1 aliphatic heterocycles. The number of amides is 1. The number of nitrogens with one attached hydrogen (secondary N) is 1. The molecule has 2 heterocycles. The van der Waals surface area contributed by atoms with E-state index in [0.29, 0.717) is 28.2 Å². The Hall–Kier alpha value is -1.56. The first-order valence-electron chi connectivity index (χ1n) is 9.02. The summed E-state index contributed by atoms with van der Waals surface area (Å²) in [5.41, 5.74) is 0.673. The van der Waals surface area contributed by atoms with E-state index in [4.69, 9.17) is 23.2 Å². The number of benzene rings is 1. The Kier molecular flexibility index (Phi) is 6.57. The van der Waals surface area contributed by atoms with Crippen molar-refractivity contribution in [3.8, 4) is 0 Å². The Bertz CT molecular complexity index is 754. The van der Waals surface area contributed by atoms with Gasteiger partial charge in [0, 0.05) is 31.0 Å². The summed E-state index contributed by atoms with van der Waals surface area (Å²) in [6.45, 7) is 5.43. The summed E-state index contributed by atoms with van der Waals surface area (Å²) in [6.07, 6.45) is 7.10. The van der Waals surface area contributed by atoms with Gasteiger partial charge in [0.15, 0.2) is 0 Å². The summed E-state index contributed by atoms with van der Waals surface area (Å²) in [4.78, 5) is 18.9. The molecular weight excluding hydrogens is 371 g/mol. The zero-order valence-electron chi connectivity index (χ0n) is 14.9. The van der Waals surface area contributed by atoms with Gasteiger partial charge in [-0.3, -0.25) is 9.69 Å². The van der Waals surface area contributed by atoms with Crippen molar-refractivity contribution in [2.45, 2.75) is 32.7 Å². The minimum atomic E-state index is -0.0234. The highest BCUT2D eigenvalue weighted by Gasteiger charge is 2.21. The number of hydrogen-bond donors (Lipinski definition) is 1. The molecule has 1 saturated heterocycles. The lowest BCUT2D eigenvalue weighted by Gasteiger charge is -2.31. The monoisotopic (exact) mass is 394 g/mol. The number of aryl methyl sites for hydroxylation is 1. The first kappa shape index (κ1) is 19.2. The van der Waals surface area contributed by atoms with Crippen LogP contribution in [0.2, 0.25) is 10.0 Å². The molecule has 1 fully saturated rings. The predicted molar refractivity (Wildman–Crippen MR) is 106 cm³/mol. The SMILES string of the molecule is CCc1nccn1CC1CCN(CC(=O)Nc2ccc(Cl)c(Cl)c2)CC1. The second-order valence-electron chi connectivity index (χ2n) is 6.75. The van der Waals surface area contributed by atoms with Crippen molar-refractivity contribution in [2.75, 3.05) is 25.0 Å². The topological polar surface area (TPSA) is 50.2 Å². The van der Waals surface area contributed by atoms with Gasteiger partial charge >= 0.3 is 0 Å². The van der Waals surface area contributed by atoms with Gasteiger partial charge in [-0.15, -0.1) is 0 Å². The third-order valence-corrected chi connectivity index (χ3v) is 5.59. The second-order valence-corrected chi connectivity index (χ2v) is 7.56. The fraction of sp³-hybridized carbons (Fsp3) is 0.474. The largest absolute Gasteiger partial charge is 0.335 e. The van der Waals surface area contributed by atoms with E-state index < -0.39 is 0 Å². The van der Waals surface area contributed by atoms with E-state index in [9.17, 15) is 4.79 Å². The maximum Gasteiger partial charge on any atom is 0.238 e. The summed E-state index contributed by atoms with van der Waals surface area (Å²) in [6, 6.07) is 5.12. The molecule has 1 aromatic carbocycles. The highest BCUT2D eigenvalue weighted by Crippen LogP contribution is 2.25. The molecule has 5 nitrogen and oxygen atoms in total. The molecule has 0 atom stereocenters. The van der Waals surface area contributed by atoms with E-state index >= 15 is 0 Å². The fourth-order valence-electron chi connectivity index (χ4n) is 3.40. The summed E-state index contributed by atoms with van der Waals surface area (Å²) in [5, 5.41) is 3.81. The number of likely N-dealkylation sites (tertiary alicyclic amines) is 1. The third-order valence-electron chi connectivity index (χ3n) is 4.85. The highest BCUT2D eigenvalue weighted by molar-refractivity contribution is 6.42. The molecule has 26 heavy (non-hydrogen) atoms. The van der Waals surface area contributed by atoms with Crippen LogP contribution >= 0.6 is 23.2 Å². The number of piperidine rings is 1. The van der Waals surface area contributed by atoms with E-state index in [1.165, 1.54) is 0 Å². The van der Waals surface area contributed by atoms with Crippen LogP contribution in [0.25, 0.3) is 0 Å². The average molecular weight is 395 g/mol. The zero-order valence-corrected chi connectivity index (χ0v) is 16.4. The molecule has 0 radical (unpaired) electrons. The molecular formula is C19H24Cl2N4O. The van der Waals surface area contributed by atoms with Crippen molar-refractivity contribution < 1.29 is 4.79 Å². The Morgan fingerprint density at radius 1 is 1.27 bits per heavy atom. The summed E-state index contributed by atoms with van der Waals surface area (Å²) < 4.78 is 2.26. The van der Waals surface area contributed by atoms with Crippen LogP contribution in [0.4, 0.5) is 5.69 Å². The molecule has 7 heteroatoms. The zero-order chi connectivity index (χ0) is 18.5.